The largest absolute Gasteiger partial charge is 0.465 e. The number of hydrogen-bond acceptors (Lipinski definition) is 5. The van der Waals surface area contributed by atoms with Crippen molar-refractivity contribution in [3.8, 4) is 0 Å². The first-order valence-corrected chi connectivity index (χ1v) is 9.60. The number of rotatable bonds is 3. The number of nitrogens with one attached hydrogen (secondary N) is 1. The van der Waals surface area contributed by atoms with E-state index in [1.165, 1.54) is 18.4 Å². The number of carbonyl (C=O) groups is 2. The first-order valence-electron chi connectivity index (χ1n) is 8.79. The maximum Gasteiger partial charge on any atom is 0.341 e. The molecule has 0 spiro atoms. The molecule has 27 heavy (non-hydrogen) atoms. The van der Waals surface area contributed by atoms with Gasteiger partial charge >= 0.3 is 5.97 Å². The Morgan fingerprint density at radius 2 is 1.93 bits per heavy atom. The first-order chi connectivity index (χ1) is 13.1. The summed E-state index contributed by atoms with van der Waals surface area (Å²) in [6.07, 6.45) is 0.775. The quantitative estimate of drug-likeness (QED) is 0.700. The molecule has 2 aromatic carbocycles. The molecule has 4 rings (SSSR count). The van der Waals surface area contributed by atoms with Crippen LogP contribution in [-0.2, 0) is 17.7 Å². The molecule has 3 aromatic rings. The van der Waals surface area contributed by atoms with Crippen molar-refractivity contribution in [1.29, 1.82) is 0 Å². The number of thiophene rings is 1. The van der Waals surface area contributed by atoms with Gasteiger partial charge in [0.05, 0.1) is 12.7 Å². The third-order valence-electron chi connectivity index (χ3n) is 4.90. The van der Waals surface area contributed by atoms with Crippen LogP contribution in [0.4, 0.5) is 5.00 Å². The van der Waals surface area contributed by atoms with Gasteiger partial charge in [0.15, 0.2) is 0 Å². The molecule has 1 aromatic heterocycles. The van der Waals surface area contributed by atoms with E-state index in [0.717, 1.165) is 40.7 Å². The highest BCUT2D eigenvalue weighted by atomic mass is 32.1. The molecule has 0 aliphatic carbocycles. The summed E-state index contributed by atoms with van der Waals surface area (Å²) in [5.41, 5.74) is 2.09. The lowest BCUT2D eigenvalue weighted by Crippen LogP contribution is -2.26. The van der Waals surface area contributed by atoms with Crippen LogP contribution in [0, 0.1) is 0 Å². The van der Waals surface area contributed by atoms with Gasteiger partial charge in [-0.3, -0.25) is 4.79 Å². The highest BCUT2D eigenvalue weighted by Crippen LogP contribution is 2.37. The molecule has 5 nitrogen and oxygen atoms in total. The molecule has 138 valence electrons. The molecule has 2 heterocycles. The molecule has 0 bridgehead atoms. The van der Waals surface area contributed by atoms with E-state index in [2.05, 4.69) is 17.3 Å². The zero-order chi connectivity index (χ0) is 19.0. The first kappa shape index (κ1) is 17.7. The number of nitrogens with zero attached hydrogens (tertiary/aromatic N) is 1. The summed E-state index contributed by atoms with van der Waals surface area (Å²) in [5, 5.41) is 5.43. The summed E-state index contributed by atoms with van der Waals surface area (Å²) < 4.78 is 4.99. The predicted octanol–water partition coefficient (Wildman–Crippen LogP) is 3.93. The van der Waals surface area contributed by atoms with Crippen molar-refractivity contribution in [2.45, 2.75) is 13.0 Å². The summed E-state index contributed by atoms with van der Waals surface area (Å²) in [6, 6.07) is 13.4. The molecule has 0 fully saturated rings. The van der Waals surface area contributed by atoms with Gasteiger partial charge in [-0.05, 0) is 35.9 Å². The van der Waals surface area contributed by atoms with Crippen molar-refractivity contribution in [2.24, 2.45) is 0 Å². The van der Waals surface area contributed by atoms with Crippen molar-refractivity contribution in [1.82, 2.24) is 4.90 Å². The van der Waals surface area contributed by atoms with Crippen molar-refractivity contribution < 1.29 is 14.3 Å². The Labute approximate surface area is 161 Å². The van der Waals surface area contributed by atoms with E-state index in [9.17, 15) is 9.59 Å². The molecule has 0 unspecified atom stereocenters. The van der Waals surface area contributed by atoms with E-state index in [0.29, 0.717) is 16.1 Å². The minimum Gasteiger partial charge on any atom is -0.465 e. The molecular weight excluding hydrogens is 360 g/mol. The number of ether oxygens (including phenoxy) is 1. The number of likely N-dealkylation sites (N-methyl/N-ethyl adjacent to an activating group) is 1. The molecule has 1 amide bonds. The summed E-state index contributed by atoms with van der Waals surface area (Å²) >= 11 is 1.46. The van der Waals surface area contributed by atoms with E-state index in [-0.39, 0.29) is 5.91 Å². The maximum absolute atomic E-state index is 13.0. The number of amides is 1. The smallest absolute Gasteiger partial charge is 0.341 e. The number of methoxy groups -OCH3 is 1. The van der Waals surface area contributed by atoms with E-state index in [1.807, 2.05) is 36.4 Å². The van der Waals surface area contributed by atoms with Gasteiger partial charge in [0.1, 0.15) is 5.00 Å². The highest BCUT2D eigenvalue weighted by molar-refractivity contribution is 7.17. The van der Waals surface area contributed by atoms with Crippen LogP contribution in [0.3, 0.4) is 0 Å². The molecule has 1 N–H and O–H groups in total. The molecule has 0 saturated carbocycles. The standard InChI is InChI=1S/C21H20N2O3S/c1-23-11-10-16-17(12-23)27-20(18(16)21(25)26-2)22-19(24)15-9-5-7-13-6-3-4-8-14(13)15/h3-9H,10-12H2,1-2H3,(H,22,24). The average Bonchev–Trinajstić information content (AvgIpc) is 3.03. The fraction of sp³-hybridized carbons (Fsp3) is 0.238. The van der Waals surface area contributed by atoms with Gasteiger partial charge in [0.25, 0.3) is 5.91 Å². The summed E-state index contributed by atoms with van der Waals surface area (Å²) in [4.78, 5) is 28.7. The monoisotopic (exact) mass is 380 g/mol. The Balaban J connectivity index is 1.73. The number of benzene rings is 2. The second-order valence-electron chi connectivity index (χ2n) is 6.67. The van der Waals surface area contributed by atoms with E-state index in [1.54, 1.807) is 6.07 Å². The third kappa shape index (κ3) is 3.22. The van der Waals surface area contributed by atoms with Gasteiger partial charge in [-0.25, -0.2) is 4.79 Å². The summed E-state index contributed by atoms with van der Waals surface area (Å²) in [5.74, 6) is -0.617. The topological polar surface area (TPSA) is 58.6 Å². The molecule has 1 aliphatic rings. The van der Waals surface area contributed by atoms with Crippen LogP contribution < -0.4 is 5.32 Å². The van der Waals surface area contributed by atoms with E-state index in [4.69, 9.17) is 4.74 Å². The maximum atomic E-state index is 13.0. The number of fused-ring (bicyclic) bond motifs is 2. The molecule has 1 aliphatic heterocycles. The van der Waals surface area contributed by atoms with E-state index >= 15 is 0 Å². The fourth-order valence-electron chi connectivity index (χ4n) is 3.53. The Hall–Kier alpha value is -2.70. The number of esters is 1. The lowest BCUT2D eigenvalue weighted by atomic mass is 10.0. The average molecular weight is 380 g/mol. The lowest BCUT2D eigenvalue weighted by molar-refractivity contribution is 0.0600. The highest BCUT2D eigenvalue weighted by Gasteiger charge is 2.28. The lowest BCUT2D eigenvalue weighted by Gasteiger charge is -2.22. The molecule has 0 radical (unpaired) electrons. The SMILES string of the molecule is COC(=O)c1c(NC(=O)c2cccc3ccccc23)sc2c1CCN(C)C2. The van der Waals surface area contributed by atoms with Crippen LogP contribution in [0.5, 0.6) is 0 Å². The van der Waals surface area contributed by atoms with Crippen molar-refractivity contribution >= 4 is 39.0 Å². The van der Waals surface area contributed by atoms with Crippen LogP contribution in [0.1, 0.15) is 31.2 Å². The zero-order valence-electron chi connectivity index (χ0n) is 15.2. The van der Waals surface area contributed by atoms with Gasteiger partial charge in [-0.2, -0.15) is 0 Å². The fourth-order valence-corrected chi connectivity index (χ4v) is 4.84. The van der Waals surface area contributed by atoms with Crippen LogP contribution in [0.15, 0.2) is 42.5 Å². The van der Waals surface area contributed by atoms with Crippen molar-refractivity contribution in [3.05, 3.63) is 64.0 Å². The Bertz CT molecular complexity index is 1040. The van der Waals surface area contributed by atoms with E-state index < -0.39 is 5.97 Å². The predicted molar refractivity (Wildman–Crippen MR) is 108 cm³/mol. The van der Waals surface area contributed by atoms with Gasteiger partial charge < -0.3 is 15.0 Å². The van der Waals surface area contributed by atoms with Gasteiger partial charge in [-0.1, -0.05) is 36.4 Å². The summed E-state index contributed by atoms with van der Waals surface area (Å²) in [7, 11) is 3.42. The molecule has 0 saturated heterocycles. The van der Waals surface area contributed by atoms with Gasteiger partial charge in [0.2, 0.25) is 0 Å². The Morgan fingerprint density at radius 1 is 1.15 bits per heavy atom. The van der Waals surface area contributed by atoms with Gasteiger partial charge in [-0.15, -0.1) is 11.3 Å². The summed E-state index contributed by atoms with van der Waals surface area (Å²) in [6.45, 7) is 1.65. The van der Waals surface area contributed by atoms with Gasteiger partial charge in [0, 0.05) is 23.5 Å². The Kier molecular flexibility index (Phi) is 4.68. The molecular formula is C21H20N2O3S. The second-order valence-corrected chi connectivity index (χ2v) is 7.77. The third-order valence-corrected chi connectivity index (χ3v) is 6.03. The molecule has 6 heteroatoms. The number of anilines is 1. The zero-order valence-corrected chi connectivity index (χ0v) is 16.1. The minimum absolute atomic E-state index is 0.219. The normalized spacial score (nSPS) is 14.0. The van der Waals surface area contributed by atoms with Crippen LogP contribution >= 0.6 is 11.3 Å². The van der Waals surface area contributed by atoms with Crippen LogP contribution in [0.25, 0.3) is 10.8 Å². The van der Waals surface area contributed by atoms with Crippen molar-refractivity contribution in [3.63, 3.8) is 0 Å². The van der Waals surface area contributed by atoms with Crippen LogP contribution in [0.2, 0.25) is 0 Å². The molecule has 0 atom stereocenters. The number of carbonyl (C=O) groups excluding carboxylic acids is 2. The Morgan fingerprint density at radius 3 is 2.74 bits per heavy atom. The van der Waals surface area contributed by atoms with Crippen LogP contribution in [-0.4, -0.2) is 37.5 Å². The number of hydrogen-bond donors (Lipinski definition) is 1. The van der Waals surface area contributed by atoms with Crippen molar-refractivity contribution in [2.75, 3.05) is 26.0 Å². The second kappa shape index (κ2) is 7.13. The minimum atomic E-state index is -0.398.